The highest BCUT2D eigenvalue weighted by Gasteiger charge is 2.02. The van der Waals surface area contributed by atoms with Gasteiger partial charge in [-0.2, -0.15) is 5.26 Å². The molecule has 0 bridgehead atoms. The average Bonchev–Trinajstić information content (AvgIpc) is 1.97. The summed E-state index contributed by atoms with van der Waals surface area (Å²) in [5, 5.41) is 9.03. The smallest absolute Gasteiger partial charge is 0.101 e. The number of hydrogen-bond acceptors (Lipinski definition) is 2. The second-order valence-electron chi connectivity index (χ2n) is 1.97. The minimum absolute atomic E-state index is 0.401. The van der Waals surface area contributed by atoms with Gasteiger partial charge in [0.1, 0.15) is 6.07 Å². The monoisotopic (exact) mass is 230 g/mol. The van der Waals surface area contributed by atoms with Crippen molar-refractivity contribution < 1.29 is 0 Å². The van der Waals surface area contributed by atoms with E-state index in [4.69, 9.17) is 22.6 Å². The molecule has 0 saturated carbocycles. The van der Waals surface area contributed by atoms with Crippen molar-refractivity contribution in [2.24, 2.45) is 0 Å². The normalized spacial score (nSPS) is 9.18. The van der Waals surface area contributed by atoms with Crippen molar-refractivity contribution >= 4 is 33.2 Å². The van der Waals surface area contributed by atoms with E-state index in [1.165, 1.54) is 6.07 Å². The van der Waals surface area contributed by atoms with Crippen LogP contribution < -0.4 is 5.73 Å². The summed E-state index contributed by atoms with van der Waals surface area (Å²) in [4.78, 5) is 0. The van der Waals surface area contributed by atoms with Crippen molar-refractivity contribution in [3.05, 3.63) is 27.2 Å². The van der Waals surface area contributed by atoms with Crippen LogP contribution in [0.25, 0.3) is 0 Å². The van der Waals surface area contributed by atoms with Crippen LogP contribution in [-0.4, -0.2) is 0 Å². The van der Waals surface area contributed by atoms with Gasteiger partial charge in [-0.25, -0.2) is 0 Å². The Balaban J connectivity index is 3.35. The number of nitriles is 1. The quantitative estimate of drug-likeness (QED) is 0.698. The van der Waals surface area contributed by atoms with Crippen LogP contribution in [0, 0.1) is 11.3 Å². The summed E-state index contributed by atoms with van der Waals surface area (Å²) in [6.45, 7) is 0. The fourth-order valence-electron chi connectivity index (χ4n) is 0.659. The van der Waals surface area contributed by atoms with E-state index in [0.717, 1.165) is 0 Å². The lowest BCUT2D eigenvalue weighted by atomic mass is 10.2. The third-order valence-electron chi connectivity index (χ3n) is 1.21. The lowest BCUT2D eigenvalue weighted by Gasteiger charge is -1.99. The van der Waals surface area contributed by atoms with E-state index >= 15 is 0 Å². The Bertz CT molecular complexity index is 330. The zero-order valence-corrected chi connectivity index (χ0v) is 7.78. The predicted octanol–water partition coefficient (Wildman–Crippen LogP) is 2.56. The molecule has 2 N–H and O–H groups in total. The Kier molecular flexibility index (Phi) is 2.38. The highest BCUT2D eigenvalue weighted by atomic mass is 79.9. The number of hydrogen-bond donors (Lipinski definition) is 1. The predicted molar refractivity (Wildman–Crippen MR) is 48.3 cm³/mol. The van der Waals surface area contributed by atoms with Crippen LogP contribution >= 0.6 is 27.5 Å². The van der Waals surface area contributed by atoms with Crippen LogP contribution in [0.3, 0.4) is 0 Å². The van der Waals surface area contributed by atoms with E-state index in [0.29, 0.717) is 20.7 Å². The largest absolute Gasteiger partial charge is 0.398 e. The number of rotatable bonds is 0. The van der Waals surface area contributed by atoms with Gasteiger partial charge in [-0.3, -0.25) is 0 Å². The van der Waals surface area contributed by atoms with Gasteiger partial charge < -0.3 is 5.73 Å². The molecule has 1 rings (SSSR count). The van der Waals surface area contributed by atoms with Crippen LogP contribution in [-0.2, 0) is 0 Å². The van der Waals surface area contributed by atoms with Crippen molar-refractivity contribution in [2.45, 2.75) is 0 Å². The molecule has 0 fully saturated rings. The highest BCUT2D eigenvalue weighted by Crippen LogP contribution is 2.27. The molecular formula is C7H4BrClN2. The van der Waals surface area contributed by atoms with E-state index in [2.05, 4.69) is 15.9 Å². The Morgan fingerprint density at radius 3 is 2.73 bits per heavy atom. The van der Waals surface area contributed by atoms with E-state index < -0.39 is 0 Å². The molecular weight excluding hydrogens is 227 g/mol. The average molecular weight is 231 g/mol. The number of nitrogen functional groups attached to an aromatic ring is 1. The van der Waals surface area contributed by atoms with E-state index in [9.17, 15) is 0 Å². The first-order valence-electron chi connectivity index (χ1n) is 2.79. The third kappa shape index (κ3) is 1.65. The molecule has 0 unspecified atom stereocenters. The Morgan fingerprint density at radius 2 is 2.18 bits per heavy atom. The maximum atomic E-state index is 8.53. The number of anilines is 1. The molecule has 0 aliphatic carbocycles. The molecule has 0 heterocycles. The molecule has 1 aromatic carbocycles. The summed E-state index contributed by atoms with van der Waals surface area (Å²) in [5.41, 5.74) is 6.32. The van der Waals surface area contributed by atoms with Gasteiger partial charge >= 0.3 is 0 Å². The van der Waals surface area contributed by atoms with Gasteiger partial charge in [-0.1, -0.05) is 11.6 Å². The summed E-state index contributed by atoms with van der Waals surface area (Å²) in [7, 11) is 0. The van der Waals surface area contributed by atoms with Gasteiger partial charge in [0.05, 0.1) is 16.3 Å². The minimum Gasteiger partial charge on any atom is -0.398 e. The summed E-state index contributed by atoms with van der Waals surface area (Å²) in [5.74, 6) is 0. The zero-order chi connectivity index (χ0) is 8.43. The number of nitrogens with zero attached hydrogens (tertiary/aromatic N) is 1. The van der Waals surface area contributed by atoms with Gasteiger partial charge in [0.2, 0.25) is 0 Å². The lowest BCUT2D eigenvalue weighted by Crippen LogP contribution is -1.89. The number of nitrogens with two attached hydrogens (primary N) is 1. The maximum absolute atomic E-state index is 8.53. The lowest BCUT2D eigenvalue weighted by molar-refractivity contribution is 1.48. The fraction of sp³-hybridized carbons (Fsp3) is 0. The Hall–Kier alpha value is -0.720. The highest BCUT2D eigenvalue weighted by molar-refractivity contribution is 9.10. The van der Waals surface area contributed by atoms with E-state index in [-0.39, 0.29) is 0 Å². The molecule has 2 nitrogen and oxygen atoms in total. The molecule has 11 heavy (non-hydrogen) atoms. The molecule has 1 aromatic rings. The molecule has 0 spiro atoms. The molecule has 0 aliphatic heterocycles. The summed E-state index contributed by atoms with van der Waals surface area (Å²) in [6, 6.07) is 5.07. The van der Waals surface area contributed by atoms with Crippen molar-refractivity contribution in [3.8, 4) is 6.07 Å². The summed E-state index contributed by atoms with van der Waals surface area (Å²) < 4.78 is 0.704. The maximum Gasteiger partial charge on any atom is 0.101 e. The standard InChI is InChI=1S/C7H4BrClN2/c8-5-2-7(11)4(3-10)1-6(5)9/h1-2H,11H2. The van der Waals surface area contributed by atoms with Crippen LogP contribution in [0.1, 0.15) is 5.56 Å². The molecule has 4 heteroatoms. The minimum atomic E-state index is 0.401. The second kappa shape index (κ2) is 3.12. The molecule has 0 saturated heterocycles. The molecule has 56 valence electrons. The van der Waals surface area contributed by atoms with Crippen molar-refractivity contribution in [2.75, 3.05) is 5.73 Å². The first-order valence-corrected chi connectivity index (χ1v) is 3.97. The van der Waals surface area contributed by atoms with Gasteiger partial charge in [0, 0.05) is 4.47 Å². The van der Waals surface area contributed by atoms with Gasteiger partial charge in [0.25, 0.3) is 0 Å². The first-order chi connectivity index (χ1) is 5.15. The SMILES string of the molecule is N#Cc1cc(Cl)c(Br)cc1N. The van der Waals surface area contributed by atoms with Crippen molar-refractivity contribution in [1.82, 2.24) is 0 Å². The van der Waals surface area contributed by atoms with E-state index in [1.807, 2.05) is 6.07 Å². The van der Waals surface area contributed by atoms with Crippen molar-refractivity contribution in [3.63, 3.8) is 0 Å². The third-order valence-corrected chi connectivity index (χ3v) is 2.41. The topological polar surface area (TPSA) is 49.8 Å². The van der Waals surface area contributed by atoms with Crippen LogP contribution in [0.5, 0.6) is 0 Å². The zero-order valence-electron chi connectivity index (χ0n) is 5.44. The molecule has 0 radical (unpaired) electrons. The van der Waals surface area contributed by atoms with Gasteiger partial charge in [0.15, 0.2) is 0 Å². The summed E-state index contributed by atoms with van der Waals surface area (Å²) in [6.07, 6.45) is 0. The second-order valence-corrected chi connectivity index (χ2v) is 3.23. The van der Waals surface area contributed by atoms with Crippen LogP contribution in [0.2, 0.25) is 5.02 Å². The number of benzene rings is 1. The van der Waals surface area contributed by atoms with Gasteiger partial charge in [-0.15, -0.1) is 0 Å². The Morgan fingerprint density at radius 1 is 1.55 bits per heavy atom. The molecule has 0 aromatic heterocycles. The van der Waals surface area contributed by atoms with E-state index in [1.54, 1.807) is 6.07 Å². The van der Waals surface area contributed by atoms with Crippen LogP contribution in [0.4, 0.5) is 5.69 Å². The Labute approximate surface area is 77.7 Å². The fourth-order valence-corrected chi connectivity index (χ4v) is 1.18. The van der Waals surface area contributed by atoms with Gasteiger partial charge in [-0.05, 0) is 28.1 Å². The summed E-state index contributed by atoms with van der Waals surface area (Å²) >= 11 is 8.90. The van der Waals surface area contributed by atoms with Crippen molar-refractivity contribution in [1.29, 1.82) is 5.26 Å². The molecule has 0 atom stereocenters. The number of halogens is 2. The van der Waals surface area contributed by atoms with Crippen LogP contribution in [0.15, 0.2) is 16.6 Å². The molecule has 0 amide bonds. The first kappa shape index (κ1) is 8.38. The molecule has 0 aliphatic rings.